The zero-order valence-electron chi connectivity index (χ0n) is 4.63. The van der Waals surface area contributed by atoms with E-state index in [-0.39, 0.29) is 6.04 Å². The number of rotatable bonds is 1. The summed E-state index contributed by atoms with van der Waals surface area (Å²) >= 11 is 0. The first-order valence-corrected chi connectivity index (χ1v) is 2.80. The van der Waals surface area contributed by atoms with Crippen molar-refractivity contribution in [3.63, 3.8) is 0 Å². The zero-order valence-corrected chi connectivity index (χ0v) is 4.63. The Labute approximate surface area is 48.6 Å². The second kappa shape index (κ2) is 2.50. The highest BCUT2D eigenvalue weighted by Gasteiger charge is 2.04. The van der Waals surface area contributed by atoms with E-state index in [1.807, 2.05) is 12.3 Å². The van der Waals surface area contributed by atoms with Gasteiger partial charge in [-0.2, -0.15) is 0 Å². The summed E-state index contributed by atoms with van der Waals surface area (Å²) in [5.41, 5.74) is 0. The van der Waals surface area contributed by atoms with Gasteiger partial charge in [0, 0.05) is 0 Å². The van der Waals surface area contributed by atoms with Gasteiger partial charge in [0.05, 0.1) is 6.04 Å². The van der Waals surface area contributed by atoms with Gasteiger partial charge in [-0.05, 0) is 19.0 Å². The Bertz CT molecular complexity index is 109. The highest BCUT2D eigenvalue weighted by atomic mass is 16.1. The van der Waals surface area contributed by atoms with Crippen LogP contribution in [-0.2, 0) is 4.79 Å². The van der Waals surface area contributed by atoms with Gasteiger partial charge in [0.2, 0.25) is 0 Å². The predicted molar refractivity (Wildman–Crippen MR) is 31.4 cm³/mol. The molecule has 0 saturated carbocycles. The number of hydrogen-bond acceptors (Lipinski definition) is 2. The average molecular weight is 111 g/mol. The Kier molecular flexibility index (Phi) is 1.67. The molecule has 1 rings (SSSR count). The summed E-state index contributed by atoms with van der Waals surface area (Å²) < 4.78 is 0. The molecule has 1 N–H and O–H groups in total. The Morgan fingerprint density at radius 1 is 1.75 bits per heavy atom. The van der Waals surface area contributed by atoms with E-state index in [0.29, 0.717) is 0 Å². The zero-order chi connectivity index (χ0) is 5.82. The van der Waals surface area contributed by atoms with Crippen molar-refractivity contribution in [2.45, 2.75) is 18.9 Å². The summed E-state index contributed by atoms with van der Waals surface area (Å²) in [6.07, 6.45) is 6.78. The topological polar surface area (TPSA) is 29.1 Å². The van der Waals surface area contributed by atoms with Gasteiger partial charge >= 0.3 is 0 Å². The van der Waals surface area contributed by atoms with Crippen molar-refractivity contribution in [1.82, 2.24) is 5.32 Å². The lowest BCUT2D eigenvalue weighted by atomic mass is 10.1. The van der Waals surface area contributed by atoms with Crippen LogP contribution in [0.15, 0.2) is 12.3 Å². The van der Waals surface area contributed by atoms with Gasteiger partial charge in [-0.25, -0.2) is 0 Å². The quantitative estimate of drug-likeness (QED) is 0.498. The van der Waals surface area contributed by atoms with E-state index in [2.05, 4.69) is 5.32 Å². The SMILES string of the molecule is O=CC1CCC=CN1. The van der Waals surface area contributed by atoms with Crippen LogP contribution in [0.1, 0.15) is 12.8 Å². The van der Waals surface area contributed by atoms with Crippen LogP contribution in [0.4, 0.5) is 0 Å². The van der Waals surface area contributed by atoms with Crippen molar-refractivity contribution in [3.8, 4) is 0 Å². The number of aldehydes is 1. The van der Waals surface area contributed by atoms with Gasteiger partial charge in [-0.3, -0.25) is 0 Å². The second-order valence-electron chi connectivity index (χ2n) is 1.89. The molecule has 0 aromatic rings. The molecule has 0 radical (unpaired) electrons. The van der Waals surface area contributed by atoms with Gasteiger partial charge in [0.1, 0.15) is 6.29 Å². The van der Waals surface area contributed by atoms with Crippen LogP contribution in [-0.4, -0.2) is 12.3 Å². The highest BCUT2D eigenvalue weighted by molar-refractivity contribution is 5.58. The van der Waals surface area contributed by atoms with Crippen molar-refractivity contribution in [2.75, 3.05) is 0 Å². The third-order valence-corrected chi connectivity index (χ3v) is 1.24. The van der Waals surface area contributed by atoms with Gasteiger partial charge in [0.15, 0.2) is 0 Å². The summed E-state index contributed by atoms with van der Waals surface area (Å²) in [5.74, 6) is 0. The molecule has 0 aromatic heterocycles. The molecule has 0 aliphatic carbocycles. The Hall–Kier alpha value is -0.790. The molecule has 0 spiro atoms. The van der Waals surface area contributed by atoms with Crippen molar-refractivity contribution < 1.29 is 4.79 Å². The minimum absolute atomic E-state index is 0.0694. The van der Waals surface area contributed by atoms with Crippen molar-refractivity contribution in [2.24, 2.45) is 0 Å². The third kappa shape index (κ3) is 1.09. The van der Waals surface area contributed by atoms with Crippen LogP contribution in [0.2, 0.25) is 0 Å². The first kappa shape index (κ1) is 5.35. The van der Waals surface area contributed by atoms with Crippen LogP contribution in [0.5, 0.6) is 0 Å². The third-order valence-electron chi connectivity index (χ3n) is 1.24. The van der Waals surface area contributed by atoms with Gasteiger partial charge in [-0.15, -0.1) is 0 Å². The van der Waals surface area contributed by atoms with Gasteiger partial charge in [-0.1, -0.05) is 6.08 Å². The lowest BCUT2D eigenvalue weighted by molar-refractivity contribution is -0.109. The van der Waals surface area contributed by atoms with E-state index >= 15 is 0 Å². The van der Waals surface area contributed by atoms with Crippen LogP contribution in [0, 0.1) is 0 Å². The Morgan fingerprint density at radius 2 is 2.62 bits per heavy atom. The molecule has 0 fully saturated rings. The summed E-state index contributed by atoms with van der Waals surface area (Å²) in [7, 11) is 0. The lowest BCUT2D eigenvalue weighted by Crippen LogP contribution is -2.27. The maximum atomic E-state index is 10.1. The first-order valence-electron chi connectivity index (χ1n) is 2.80. The highest BCUT2D eigenvalue weighted by Crippen LogP contribution is 2.00. The van der Waals surface area contributed by atoms with Crippen LogP contribution >= 0.6 is 0 Å². The van der Waals surface area contributed by atoms with E-state index in [9.17, 15) is 4.79 Å². The number of carbonyl (C=O) groups excluding carboxylic acids is 1. The van der Waals surface area contributed by atoms with Gasteiger partial charge < -0.3 is 10.1 Å². The first-order chi connectivity index (χ1) is 3.93. The number of nitrogens with one attached hydrogen (secondary N) is 1. The molecule has 8 heavy (non-hydrogen) atoms. The second-order valence-corrected chi connectivity index (χ2v) is 1.89. The molecular formula is C6H9NO. The molecule has 0 aromatic carbocycles. The fourth-order valence-corrected chi connectivity index (χ4v) is 0.741. The Balaban J connectivity index is 2.37. The number of hydrogen-bond donors (Lipinski definition) is 1. The molecule has 1 unspecified atom stereocenters. The summed E-state index contributed by atoms with van der Waals surface area (Å²) in [4.78, 5) is 10.1. The molecule has 1 heterocycles. The van der Waals surface area contributed by atoms with E-state index in [4.69, 9.17) is 0 Å². The summed E-state index contributed by atoms with van der Waals surface area (Å²) in [6, 6.07) is 0.0694. The minimum atomic E-state index is 0.0694. The monoisotopic (exact) mass is 111 g/mol. The van der Waals surface area contributed by atoms with Crippen molar-refractivity contribution >= 4 is 6.29 Å². The van der Waals surface area contributed by atoms with E-state index < -0.39 is 0 Å². The molecule has 2 nitrogen and oxygen atoms in total. The maximum absolute atomic E-state index is 10.1. The molecule has 1 aliphatic heterocycles. The lowest BCUT2D eigenvalue weighted by Gasteiger charge is -2.12. The molecule has 1 aliphatic rings. The van der Waals surface area contributed by atoms with E-state index in [1.165, 1.54) is 0 Å². The van der Waals surface area contributed by atoms with Crippen molar-refractivity contribution in [1.29, 1.82) is 0 Å². The molecule has 0 amide bonds. The minimum Gasteiger partial charge on any atom is -0.382 e. The molecule has 2 heteroatoms. The maximum Gasteiger partial charge on any atom is 0.142 e. The summed E-state index contributed by atoms with van der Waals surface area (Å²) in [6.45, 7) is 0. The van der Waals surface area contributed by atoms with Crippen LogP contribution < -0.4 is 5.32 Å². The summed E-state index contributed by atoms with van der Waals surface area (Å²) in [5, 5.41) is 2.92. The molecule has 1 atom stereocenters. The Morgan fingerprint density at radius 3 is 3.00 bits per heavy atom. The van der Waals surface area contributed by atoms with E-state index in [1.54, 1.807) is 0 Å². The fourth-order valence-electron chi connectivity index (χ4n) is 0.741. The normalized spacial score (nSPS) is 26.8. The molecule has 0 saturated heterocycles. The van der Waals surface area contributed by atoms with Crippen molar-refractivity contribution in [3.05, 3.63) is 12.3 Å². The largest absolute Gasteiger partial charge is 0.382 e. The van der Waals surface area contributed by atoms with E-state index in [0.717, 1.165) is 19.1 Å². The number of carbonyl (C=O) groups is 1. The molecule has 0 bridgehead atoms. The molecule has 44 valence electrons. The molecular weight excluding hydrogens is 102 g/mol. The standard InChI is InChI=1S/C6H9NO/c8-5-6-3-1-2-4-7-6/h2,4-7H,1,3H2. The van der Waals surface area contributed by atoms with Crippen LogP contribution in [0.25, 0.3) is 0 Å². The van der Waals surface area contributed by atoms with Crippen LogP contribution in [0.3, 0.4) is 0 Å². The number of allylic oxidation sites excluding steroid dienone is 1. The fraction of sp³-hybridized carbons (Fsp3) is 0.500. The predicted octanol–water partition coefficient (Wildman–Crippen LogP) is 0.451. The van der Waals surface area contributed by atoms with Gasteiger partial charge in [0.25, 0.3) is 0 Å². The smallest absolute Gasteiger partial charge is 0.142 e. The average Bonchev–Trinajstić information content (AvgIpc) is 1.90.